The van der Waals surface area contributed by atoms with E-state index < -0.39 is 12.0 Å². The van der Waals surface area contributed by atoms with Gasteiger partial charge in [0.15, 0.2) is 0 Å². The fourth-order valence-electron chi connectivity index (χ4n) is 0.0467. The number of hydrogen-bond donors (Lipinski definition) is 2. The molecule has 3 nitrogen and oxygen atoms in total. The van der Waals surface area contributed by atoms with E-state index >= 15 is 0 Å². The van der Waals surface area contributed by atoms with Crippen molar-refractivity contribution >= 4 is 22.1 Å². The maximum Gasteiger partial charge on any atom is 0.321 e. The third-order valence-electron chi connectivity index (χ3n) is 0.534. The van der Waals surface area contributed by atoms with Crippen LogP contribution in [-0.2, 0) is 4.79 Å². The lowest BCUT2D eigenvalue weighted by atomic mass is 10.4. The fraction of sp³-hybridized carbons (Fsp3) is 0.667. The van der Waals surface area contributed by atoms with E-state index in [-0.39, 0.29) is 0 Å². The van der Waals surface area contributed by atoms with Crippen LogP contribution < -0.4 is 4.34 Å². The van der Waals surface area contributed by atoms with Crippen molar-refractivity contribution < 1.29 is 9.90 Å². The van der Waals surface area contributed by atoms with Crippen molar-refractivity contribution in [2.75, 3.05) is 0 Å². The number of nitrogens with one attached hydrogen (secondary N) is 1. The highest BCUT2D eigenvalue weighted by molar-refractivity contribution is 9.08. The summed E-state index contributed by atoms with van der Waals surface area (Å²) in [6.45, 7) is 1.54. The Balaban J connectivity index is 3.34. The Morgan fingerprint density at radius 2 is 2.43 bits per heavy atom. The van der Waals surface area contributed by atoms with Gasteiger partial charge in [0.2, 0.25) is 0 Å². The van der Waals surface area contributed by atoms with Gasteiger partial charge in [0.05, 0.1) is 0 Å². The van der Waals surface area contributed by atoms with Gasteiger partial charge in [-0.05, 0) is 6.92 Å². The van der Waals surface area contributed by atoms with Crippen LogP contribution in [0.4, 0.5) is 0 Å². The molecule has 0 aromatic rings. The van der Waals surface area contributed by atoms with Crippen molar-refractivity contribution in [3.05, 3.63) is 0 Å². The highest BCUT2D eigenvalue weighted by Crippen LogP contribution is 1.81. The van der Waals surface area contributed by atoms with Gasteiger partial charge >= 0.3 is 5.97 Å². The third-order valence-corrected chi connectivity index (χ3v) is 1.22. The highest BCUT2D eigenvalue weighted by Gasteiger charge is 2.05. The average molecular weight is 168 g/mol. The van der Waals surface area contributed by atoms with Gasteiger partial charge < -0.3 is 5.11 Å². The van der Waals surface area contributed by atoms with E-state index in [0.717, 1.165) is 0 Å². The molecule has 0 aliphatic heterocycles. The summed E-state index contributed by atoms with van der Waals surface area (Å²) in [6, 6.07) is -0.514. The van der Waals surface area contributed by atoms with Crippen LogP contribution in [-0.4, -0.2) is 17.1 Å². The predicted octanol–water partition coefficient (Wildman–Crippen LogP) is 0.359. The van der Waals surface area contributed by atoms with Crippen molar-refractivity contribution in [1.29, 1.82) is 0 Å². The summed E-state index contributed by atoms with van der Waals surface area (Å²) in [7, 11) is 0. The Morgan fingerprint density at radius 3 is 2.43 bits per heavy atom. The molecule has 2 N–H and O–H groups in total. The smallest absolute Gasteiger partial charge is 0.321 e. The van der Waals surface area contributed by atoms with Crippen LogP contribution in [0, 0.1) is 0 Å². The number of halogens is 1. The monoisotopic (exact) mass is 167 g/mol. The van der Waals surface area contributed by atoms with Crippen LogP contribution in [0.25, 0.3) is 0 Å². The van der Waals surface area contributed by atoms with Gasteiger partial charge in [-0.1, -0.05) is 0 Å². The van der Waals surface area contributed by atoms with Gasteiger partial charge in [0, 0.05) is 16.1 Å². The lowest BCUT2D eigenvalue weighted by Crippen LogP contribution is -2.25. The molecule has 0 unspecified atom stereocenters. The maximum absolute atomic E-state index is 9.84. The first-order valence-electron chi connectivity index (χ1n) is 1.77. The van der Waals surface area contributed by atoms with Crippen molar-refractivity contribution in [3.8, 4) is 0 Å². The second kappa shape index (κ2) is 2.98. The van der Waals surface area contributed by atoms with Crippen LogP contribution in [0.15, 0.2) is 0 Å². The topological polar surface area (TPSA) is 49.3 Å². The summed E-state index contributed by atoms with van der Waals surface area (Å²) < 4.78 is 2.38. The minimum Gasteiger partial charge on any atom is -0.480 e. The zero-order chi connectivity index (χ0) is 5.86. The predicted molar refractivity (Wildman–Crippen MR) is 29.2 cm³/mol. The molecule has 7 heavy (non-hydrogen) atoms. The Morgan fingerprint density at radius 1 is 2.00 bits per heavy atom. The van der Waals surface area contributed by atoms with E-state index in [4.69, 9.17) is 5.11 Å². The van der Waals surface area contributed by atoms with Crippen LogP contribution in [0.5, 0.6) is 0 Å². The Labute approximate surface area is 50.1 Å². The summed E-state index contributed by atoms with van der Waals surface area (Å²) in [5.41, 5.74) is 0. The van der Waals surface area contributed by atoms with E-state index in [1.165, 1.54) is 6.92 Å². The second-order valence-electron chi connectivity index (χ2n) is 1.17. The van der Waals surface area contributed by atoms with Crippen LogP contribution in [0.2, 0.25) is 0 Å². The summed E-state index contributed by atoms with van der Waals surface area (Å²) in [4.78, 5) is 9.84. The van der Waals surface area contributed by atoms with Crippen LogP contribution in [0.3, 0.4) is 0 Å². The zero-order valence-electron chi connectivity index (χ0n) is 3.81. The SMILES string of the molecule is C[C@H](NBr)C(=O)O. The molecule has 0 rings (SSSR count). The van der Waals surface area contributed by atoms with Gasteiger partial charge in [-0.2, -0.15) is 0 Å². The Kier molecular flexibility index (Phi) is 2.95. The molecule has 0 fully saturated rings. The normalized spacial score (nSPS) is 13.4. The van der Waals surface area contributed by atoms with E-state index in [9.17, 15) is 4.79 Å². The number of carboxylic acids is 1. The van der Waals surface area contributed by atoms with Crippen LogP contribution >= 0.6 is 16.1 Å². The summed E-state index contributed by atoms with van der Waals surface area (Å²) >= 11 is 2.78. The number of hydrogen-bond acceptors (Lipinski definition) is 2. The fourth-order valence-corrected chi connectivity index (χ4v) is 0.243. The molecule has 0 amide bonds. The molecule has 1 atom stereocenters. The number of carboxylic acid groups (broad SMARTS) is 1. The van der Waals surface area contributed by atoms with Gasteiger partial charge in [-0.15, -0.1) is 0 Å². The molecule has 0 aromatic heterocycles. The molecular formula is C3H6BrNO2. The van der Waals surface area contributed by atoms with Gasteiger partial charge in [0.25, 0.3) is 0 Å². The van der Waals surface area contributed by atoms with Gasteiger partial charge in [-0.3, -0.25) is 4.79 Å². The van der Waals surface area contributed by atoms with Gasteiger partial charge in [0.1, 0.15) is 6.04 Å². The van der Waals surface area contributed by atoms with E-state index in [0.29, 0.717) is 0 Å². The first-order chi connectivity index (χ1) is 3.18. The van der Waals surface area contributed by atoms with Crippen molar-refractivity contribution in [3.63, 3.8) is 0 Å². The lowest BCUT2D eigenvalue weighted by molar-refractivity contribution is -0.138. The molecule has 0 aliphatic carbocycles. The maximum atomic E-state index is 9.84. The van der Waals surface area contributed by atoms with E-state index in [1.54, 1.807) is 0 Å². The summed E-state index contributed by atoms with van der Waals surface area (Å²) in [5, 5.41) is 8.09. The molecular weight excluding hydrogens is 162 g/mol. The summed E-state index contributed by atoms with van der Waals surface area (Å²) in [6.07, 6.45) is 0. The van der Waals surface area contributed by atoms with Crippen LogP contribution in [0.1, 0.15) is 6.92 Å². The molecule has 0 radical (unpaired) electrons. The number of carbonyl (C=O) groups is 1. The largest absolute Gasteiger partial charge is 0.480 e. The molecule has 4 heteroatoms. The minimum absolute atomic E-state index is 0.514. The molecule has 0 saturated carbocycles. The summed E-state index contributed by atoms with van der Waals surface area (Å²) in [5.74, 6) is -0.864. The molecule has 0 aliphatic rings. The molecule has 0 bridgehead atoms. The molecule has 0 spiro atoms. The Bertz CT molecular complexity index is 75.3. The third kappa shape index (κ3) is 2.59. The van der Waals surface area contributed by atoms with Crippen molar-refractivity contribution in [1.82, 2.24) is 4.34 Å². The van der Waals surface area contributed by atoms with E-state index in [2.05, 4.69) is 20.5 Å². The lowest BCUT2D eigenvalue weighted by Gasteiger charge is -1.97. The quantitative estimate of drug-likeness (QED) is 0.585. The second-order valence-corrected chi connectivity index (χ2v) is 1.63. The molecule has 0 aromatic carbocycles. The van der Waals surface area contributed by atoms with Crippen molar-refractivity contribution in [2.45, 2.75) is 13.0 Å². The number of aliphatic carboxylic acids is 1. The average Bonchev–Trinajstić information content (AvgIpc) is 1.65. The Hall–Kier alpha value is -0.0900. The van der Waals surface area contributed by atoms with E-state index in [1.807, 2.05) is 0 Å². The highest BCUT2D eigenvalue weighted by atomic mass is 79.9. The van der Waals surface area contributed by atoms with Crippen molar-refractivity contribution in [2.24, 2.45) is 0 Å². The standard InChI is InChI=1S/C3H6BrNO2/c1-2(5-4)3(6)7/h2,5H,1H3,(H,6,7)/t2-/m0/s1. The molecule has 0 saturated heterocycles. The minimum atomic E-state index is -0.864. The molecule has 0 heterocycles. The number of rotatable bonds is 2. The zero-order valence-corrected chi connectivity index (χ0v) is 5.40. The van der Waals surface area contributed by atoms with Gasteiger partial charge in [-0.25, -0.2) is 4.34 Å². The first kappa shape index (κ1) is 6.91. The molecule has 42 valence electrons. The first-order valence-corrected chi connectivity index (χ1v) is 2.56.